The van der Waals surface area contributed by atoms with Gasteiger partial charge in [0.1, 0.15) is 22.7 Å². The number of nitriles is 2. The lowest BCUT2D eigenvalue weighted by atomic mass is 9.97. The number of aromatic nitrogens is 6. The van der Waals surface area contributed by atoms with Gasteiger partial charge in [0, 0.05) is 62.6 Å². The van der Waals surface area contributed by atoms with E-state index >= 15 is 0 Å². The number of anilines is 2. The molecule has 2 amide bonds. The first kappa shape index (κ1) is 50.2. The fraction of sp³-hybridized carbons (Fsp3) is 0.357. The van der Waals surface area contributed by atoms with Gasteiger partial charge in [0.2, 0.25) is 11.8 Å². The van der Waals surface area contributed by atoms with E-state index in [4.69, 9.17) is 21.4 Å². The smallest absolute Gasteiger partial charge is 0.220 e. The minimum Gasteiger partial charge on any atom is -0.382 e. The SMILES string of the molecule is CCCCc1nc2c(N)nc3ccccc3c2n1Cc1ccc(CNC(=O)CCC(C)(C#N)N=NC(C)(C#N)CCC(=O)NCc2ccc(Cn3c(CCCC)nc4c(N)nc5ccccc5c43)cc2)cc1. The van der Waals surface area contributed by atoms with Gasteiger partial charge in [-0.15, -0.1) is 0 Å². The van der Waals surface area contributed by atoms with Crippen molar-refractivity contribution in [2.75, 3.05) is 11.5 Å². The van der Waals surface area contributed by atoms with Crippen LogP contribution in [0.4, 0.5) is 11.6 Å². The molecule has 0 spiro atoms. The van der Waals surface area contributed by atoms with Crippen LogP contribution >= 0.6 is 0 Å². The number of pyridine rings is 2. The largest absolute Gasteiger partial charge is 0.382 e. The van der Waals surface area contributed by atoms with Gasteiger partial charge in [-0.25, -0.2) is 19.9 Å². The van der Waals surface area contributed by atoms with Gasteiger partial charge in [0.15, 0.2) is 22.7 Å². The molecular formula is C56H62N14O2. The number of carbonyl (C=O) groups is 2. The van der Waals surface area contributed by atoms with Gasteiger partial charge in [-0.2, -0.15) is 20.8 Å². The highest BCUT2D eigenvalue weighted by Gasteiger charge is 2.30. The van der Waals surface area contributed by atoms with E-state index in [0.717, 1.165) is 116 Å². The lowest BCUT2D eigenvalue weighted by Gasteiger charge is -2.19. The predicted octanol–water partition coefficient (Wildman–Crippen LogP) is 9.94. The lowest BCUT2D eigenvalue weighted by Crippen LogP contribution is -2.29. The molecule has 2 unspecified atom stereocenters. The number of benzene rings is 4. The van der Waals surface area contributed by atoms with Crippen LogP contribution in [0.15, 0.2) is 107 Å². The standard InChI is InChI=1S/C56H62N14O2/c1-5-7-17-45-65-49-51(41-13-9-11-15-43(41)63-53(49)59)69(45)33-39-23-19-37(20-24-39)31-61-47(71)27-29-55(3,35-57)67-68-56(4,36-58)30-28-48(72)62-32-38-21-25-40(26-22-38)34-70-46(18-8-6-2)66-50-52(70)42-14-10-12-16-44(42)64-54(50)60/h9-16,19-26H,5-8,17-18,27-34H2,1-4H3,(H2,59,63)(H2,60,64)(H,61,71)(H,62,72). The number of nitrogens with zero attached hydrogens (tertiary/aromatic N) is 10. The van der Waals surface area contributed by atoms with Crippen molar-refractivity contribution in [3.63, 3.8) is 0 Å². The summed E-state index contributed by atoms with van der Waals surface area (Å²) in [4.78, 5) is 45.2. The fourth-order valence-corrected chi connectivity index (χ4v) is 8.86. The highest BCUT2D eigenvalue weighted by Crippen LogP contribution is 2.32. The maximum Gasteiger partial charge on any atom is 0.220 e. The molecule has 0 radical (unpaired) electrons. The predicted molar refractivity (Wildman–Crippen MR) is 282 cm³/mol. The molecule has 0 aliphatic heterocycles. The number of imidazole rings is 2. The Kier molecular flexibility index (Phi) is 15.5. The molecule has 0 aliphatic rings. The Morgan fingerprint density at radius 3 is 1.33 bits per heavy atom. The molecule has 2 atom stereocenters. The van der Waals surface area contributed by atoms with Gasteiger partial charge in [0.05, 0.1) is 34.2 Å². The summed E-state index contributed by atoms with van der Waals surface area (Å²) in [6, 6.07) is 36.5. The highest BCUT2D eigenvalue weighted by molar-refractivity contribution is 6.07. The van der Waals surface area contributed by atoms with Crippen LogP contribution in [0.5, 0.6) is 0 Å². The van der Waals surface area contributed by atoms with Crippen molar-refractivity contribution in [2.45, 2.75) is 129 Å². The minimum absolute atomic E-state index is 0.0263. The summed E-state index contributed by atoms with van der Waals surface area (Å²) >= 11 is 0. The van der Waals surface area contributed by atoms with E-state index in [1.165, 1.54) is 0 Å². The fourth-order valence-electron chi connectivity index (χ4n) is 8.86. The second-order valence-electron chi connectivity index (χ2n) is 19.0. The van der Waals surface area contributed by atoms with Crippen LogP contribution in [0.1, 0.15) is 113 Å². The summed E-state index contributed by atoms with van der Waals surface area (Å²) in [5, 5.41) is 36.6. The van der Waals surface area contributed by atoms with Crippen molar-refractivity contribution in [1.29, 1.82) is 10.5 Å². The van der Waals surface area contributed by atoms with Gasteiger partial charge in [-0.1, -0.05) is 112 Å². The van der Waals surface area contributed by atoms with Gasteiger partial charge < -0.3 is 31.2 Å². The van der Waals surface area contributed by atoms with Gasteiger partial charge >= 0.3 is 0 Å². The Morgan fingerprint density at radius 2 is 0.958 bits per heavy atom. The first-order valence-electron chi connectivity index (χ1n) is 24.9. The van der Waals surface area contributed by atoms with Crippen molar-refractivity contribution in [1.82, 2.24) is 39.7 Å². The molecule has 0 bridgehead atoms. The van der Waals surface area contributed by atoms with Crippen LogP contribution in [0.2, 0.25) is 0 Å². The Labute approximate surface area is 419 Å². The first-order valence-corrected chi connectivity index (χ1v) is 24.9. The molecule has 0 aliphatic carbocycles. The second kappa shape index (κ2) is 22.2. The summed E-state index contributed by atoms with van der Waals surface area (Å²) < 4.78 is 4.49. The van der Waals surface area contributed by atoms with E-state index in [0.29, 0.717) is 37.8 Å². The summed E-state index contributed by atoms with van der Waals surface area (Å²) in [5.74, 6) is 2.30. The lowest BCUT2D eigenvalue weighted by molar-refractivity contribution is -0.122. The summed E-state index contributed by atoms with van der Waals surface area (Å²) in [5.41, 5.74) is 19.2. The Balaban J connectivity index is 0.808. The van der Waals surface area contributed by atoms with Crippen molar-refractivity contribution < 1.29 is 9.59 Å². The molecule has 8 aromatic rings. The molecule has 0 saturated heterocycles. The number of amides is 2. The number of nitrogens with two attached hydrogens (primary N) is 2. The number of unbranched alkanes of at least 4 members (excludes halogenated alkanes) is 2. The van der Waals surface area contributed by atoms with Crippen molar-refractivity contribution >= 4 is 67.3 Å². The van der Waals surface area contributed by atoms with Crippen molar-refractivity contribution in [3.8, 4) is 12.1 Å². The molecule has 8 rings (SSSR count). The second-order valence-corrected chi connectivity index (χ2v) is 19.0. The quantitative estimate of drug-likeness (QED) is 0.0468. The monoisotopic (exact) mass is 963 g/mol. The molecule has 6 N–H and O–H groups in total. The number of carbonyl (C=O) groups excluding carboxylic acids is 2. The molecule has 4 heterocycles. The van der Waals surface area contributed by atoms with Crippen LogP contribution in [-0.4, -0.2) is 52.0 Å². The summed E-state index contributed by atoms with van der Waals surface area (Å²) in [7, 11) is 0. The maximum absolute atomic E-state index is 13.0. The maximum atomic E-state index is 13.0. The van der Waals surface area contributed by atoms with Crippen LogP contribution in [0.25, 0.3) is 43.9 Å². The summed E-state index contributed by atoms with van der Waals surface area (Å²) in [6.07, 6.45) is 5.98. The van der Waals surface area contributed by atoms with Gasteiger partial charge in [-0.05, 0) is 73.9 Å². The zero-order valence-corrected chi connectivity index (χ0v) is 41.6. The van der Waals surface area contributed by atoms with Gasteiger partial charge in [0.25, 0.3) is 0 Å². The average Bonchev–Trinajstić information content (AvgIpc) is 3.96. The Morgan fingerprint density at radius 1 is 0.583 bits per heavy atom. The molecule has 16 heteroatoms. The number of aryl methyl sites for hydroxylation is 2. The number of nitrogens with one attached hydrogen (secondary N) is 2. The number of para-hydroxylation sites is 2. The molecule has 4 aromatic carbocycles. The zero-order chi connectivity index (χ0) is 50.8. The van der Waals surface area contributed by atoms with E-state index in [1.807, 2.05) is 60.7 Å². The highest BCUT2D eigenvalue weighted by atomic mass is 16.2. The van der Waals surface area contributed by atoms with Crippen molar-refractivity contribution in [2.24, 2.45) is 10.2 Å². The van der Waals surface area contributed by atoms with Crippen molar-refractivity contribution in [3.05, 3.63) is 131 Å². The number of fused-ring (bicyclic) bond motifs is 6. The molecule has 0 saturated carbocycles. The number of hydrogen-bond donors (Lipinski definition) is 4. The summed E-state index contributed by atoms with van der Waals surface area (Å²) in [6.45, 7) is 9.32. The van der Waals surface area contributed by atoms with E-state index < -0.39 is 11.1 Å². The molecule has 72 heavy (non-hydrogen) atoms. The molecule has 16 nitrogen and oxygen atoms in total. The molecule has 0 fully saturated rings. The average molecular weight is 963 g/mol. The third-order valence-electron chi connectivity index (χ3n) is 13.2. The molecule has 368 valence electrons. The topological polar surface area (TPSA) is 244 Å². The third-order valence-corrected chi connectivity index (χ3v) is 13.2. The number of hydrogen-bond acceptors (Lipinski definition) is 12. The third kappa shape index (κ3) is 11.5. The van der Waals surface area contributed by atoms with Crippen LogP contribution < -0.4 is 22.1 Å². The Hall–Kier alpha value is -8.24. The molecular weight excluding hydrogens is 901 g/mol. The number of azo groups is 1. The normalized spacial score (nSPS) is 13.3. The van der Waals surface area contributed by atoms with Crippen LogP contribution in [0, 0.1) is 22.7 Å². The van der Waals surface area contributed by atoms with E-state index in [-0.39, 0.29) is 37.5 Å². The zero-order valence-electron chi connectivity index (χ0n) is 41.6. The van der Waals surface area contributed by atoms with E-state index in [2.05, 4.69) is 102 Å². The van der Waals surface area contributed by atoms with Crippen LogP contribution in [-0.2, 0) is 48.6 Å². The molecule has 4 aromatic heterocycles. The Bertz CT molecular complexity index is 3140. The number of nitrogen functional groups attached to an aromatic ring is 2. The first-order chi connectivity index (χ1) is 34.8. The number of rotatable bonds is 22. The minimum atomic E-state index is -1.36. The van der Waals surface area contributed by atoms with Gasteiger partial charge in [-0.3, -0.25) is 9.59 Å². The van der Waals surface area contributed by atoms with E-state index in [1.54, 1.807) is 13.8 Å². The van der Waals surface area contributed by atoms with E-state index in [9.17, 15) is 20.1 Å². The van der Waals surface area contributed by atoms with Crippen LogP contribution in [0.3, 0.4) is 0 Å².